The predicted octanol–water partition coefficient (Wildman–Crippen LogP) is 30.5. The summed E-state index contributed by atoms with van der Waals surface area (Å²) in [5.74, 6) is 0. The van der Waals surface area contributed by atoms with Gasteiger partial charge in [0.25, 0.3) is 13.4 Å². The average molecular weight is 1800 g/mol. The number of rotatable bonds is 4. The van der Waals surface area contributed by atoms with Gasteiger partial charge in [0.05, 0.1) is 38.5 Å². The van der Waals surface area contributed by atoms with E-state index in [1.165, 1.54) is 280 Å². The van der Waals surface area contributed by atoms with E-state index in [-0.39, 0.29) is 67.8 Å². The Hall–Kier alpha value is -12.1. The molecule has 0 amide bonds. The number of anilines is 10. The highest BCUT2D eigenvalue weighted by molar-refractivity contribution is 7.26. The second-order valence-corrected chi connectivity index (χ2v) is 50.2. The Morgan fingerprint density at radius 1 is 0.287 bits per heavy atom. The molecule has 0 N–H and O–H groups in total. The molecule has 2 fully saturated rings. The van der Waals surface area contributed by atoms with Gasteiger partial charge in [0.1, 0.15) is 0 Å². The highest BCUT2D eigenvalue weighted by Crippen LogP contribution is 2.67. The van der Waals surface area contributed by atoms with Gasteiger partial charge >= 0.3 is 0 Å². The summed E-state index contributed by atoms with van der Waals surface area (Å²) in [6.07, 6.45) is 9.65. The number of thiophene rings is 2. The molecule has 0 saturated heterocycles. The molecule has 18 aromatic rings. The average Bonchev–Trinajstić information content (AvgIpc) is 1.48. The van der Waals surface area contributed by atoms with Crippen LogP contribution in [0.3, 0.4) is 0 Å². The summed E-state index contributed by atoms with van der Waals surface area (Å²) < 4.78 is 10.8. The number of hydrogen-bond acceptors (Lipinski definition) is 6. The van der Waals surface area contributed by atoms with Gasteiger partial charge in [-0.05, 0) is 228 Å². The number of hydrogen-bond donors (Lipinski definition) is 0. The van der Waals surface area contributed by atoms with Crippen molar-refractivity contribution in [3.8, 4) is 33.9 Å². The summed E-state index contributed by atoms with van der Waals surface area (Å²) in [5.41, 5.74) is 46.0. The van der Waals surface area contributed by atoms with Crippen LogP contribution in [0.2, 0.25) is 0 Å². The lowest BCUT2D eigenvalue weighted by molar-refractivity contribution is 0.195. The number of benzene rings is 14. The van der Waals surface area contributed by atoms with Crippen molar-refractivity contribution in [2.75, 3.05) is 19.6 Å². The van der Waals surface area contributed by atoms with Crippen molar-refractivity contribution in [2.24, 2.45) is 0 Å². The van der Waals surface area contributed by atoms with Crippen molar-refractivity contribution in [2.45, 2.75) is 244 Å². The second kappa shape index (κ2) is 27.5. The van der Waals surface area contributed by atoms with Crippen molar-refractivity contribution >= 4 is 188 Å². The van der Waals surface area contributed by atoms with Crippen molar-refractivity contribution in [1.82, 2.24) is 9.13 Å². The number of para-hydroxylation sites is 2. The summed E-state index contributed by atoms with van der Waals surface area (Å²) in [7, 11) is 0. The highest BCUT2D eigenvalue weighted by Gasteiger charge is 2.62. The molecular weight excluding hydrogens is 1680 g/mol. The van der Waals surface area contributed by atoms with Crippen molar-refractivity contribution < 1.29 is 0 Å². The minimum absolute atomic E-state index is 0.00833. The molecule has 672 valence electrons. The Kier molecular flexibility index (Phi) is 16.8. The van der Waals surface area contributed by atoms with Gasteiger partial charge in [0.15, 0.2) is 0 Å². The molecule has 4 atom stereocenters. The lowest BCUT2D eigenvalue weighted by atomic mass is 9.33. The van der Waals surface area contributed by atoms with Gasteiger partial charge in [-0.25, -0.2) is 0 Å². The van der Waals surface area contributed by atoms with E-state index >= 15 is 0 Å². The zero-order chi connectivity index (χ0) is 93.2. The first-order valence-corrected chi connectivity index (χ1v) is 52.2. The fourth-order valence-electron chi connectivity index (χ4n) is 28.7. The molecule has 10 aliphatic rings. The Balaban J connectivity index is 0.000000138. The van der Waals surface area contributed by atoms with Crippen LogP contribution in [0.1, 0.15) is 245 Å². The van der Waals surface area contributed by atoms with E-state index in [1.54, 1.807) is 0 Å². The predicted molar refractivity (Wildman–Crippen MR) is 587 cm³/mol. The summed E-state index contributed by atoms with van der Waals surface area (Å²) in [6.45, 7) is 48.8. The zero-order valence-corrected chi connectivity index (χ0v) is 84.3. The van der Waals surface area contributed by atoms with E-state index in [4.69, 9.17) is 0 Å². The Bertz CT molecular complexity index is 8370. The van der Waals surface area contributed by atoms with Crippen LogP contribution in [0.4, 0.5) is 56.9 Å². The molecule has 0 radical (unpaired) electrons. The topological polar surface area (TPSA) is 22.8 Å². The van der Waals surface area contributed by atoms with Crippen LogP contribution in [0.15, 0.2) is 267 Å². The lowest BCUT2D eigenvalue weighted by Crippen LogP contribution is -2.60. The minimum Gasteiger partial charge on any atom is -0.334 e. The van der Waals surface area contributed by atoms with Gasteiger partial charge in [-0.15, -0.1) is 22.7 Å². The Labute approximate surface area is 811 Å². The molecule has 0 bridgehead atoms. The number of nitrogens with zero attached hydrogens (tertiary/aromatic N) is 6. The molecule has 4 unspecified atom stereocenters. The summed E-state index contributed by atoms with van der Waals surface area (Å²) in [5, 5.41) is 8.08. The van der Waals surface area contributed by atoms with E-state index in [0.29, 0.717) is 0 Å². The third-order valence-electron chi connectivity index (χ3n) is 36.0. The normalized spacial score (nSPS) is 20.7. The van der Waals surface area contributed by atoms with E-state index in [9.17, 15) is 0 Å². The van der Waals surface area contributed by atoms with Crippen LogP contribution >= 0.6 is 22.7 Å². The first-order valence-electron chi connectivity index (χ1n) is 50.5. The van der Waals surface area contributed by atoms with E-state index in [1.807, 2.05) is 22.7 Å². The van der Waals surface area contributed by atoms with Crippen LogP contribution in [-0.4, -0.2) is 33.6 Å². The maximum Gasteiger partial charge on any atom is 0.252 e. The SMILES string of the molecule is CC(C)(C)c1ccc2c(c1)N(c1cccc3c1sc1ccccc13)c1cc(N3c4ccc(C(C)(C)C)cc4C4(C)CCCCC34C)cc3c1B2c1cccc2c4c(n-3c12)-c1ccccc1C4(C)C.CC(C)(C)c1ccc2c(c1)N(c1cccc3sc4ccccc4c13)c1cc(N3c4ccc(C(C)(C)C)cc4C4(C)CCCCC34C)cc3c1B2c1cccc2c4c(n-3c12)-c1ccccc1C4(C)C. The zero-order valence-electron chi connectivity index (χ0n) is 82.7. The van der Waals surface area contributed by atoms with Gasteiger partial charge in [0.2, 0.25) is 0 Å². The van der Waals surface area contributed by atoms with Crippen LogP contribution in [-0.2, 0) is 43.3 Å². The maximum atomic E-state index is 2.85. The molecule has 10 heteroatoms. The molecular formula is C126H120B2N6S2. The van der Waals surface area contributed by atoms with Crippen LogP contribution in [0.25, 0.3) is 96.0 Å². The molecule has 28 rings (SSSR count). The molecule has 2 saturated carbocycles. The molecule has 4 aliphatic carbocycles. The number of fused-ring (bicyclic) bond motifs is 30. The van der Waals surface area contributed by atoms with Crippen LogP contribution in [0.5, 0.6) is 0 Å². The summed E-state index contributed by atoms with van der Waals surface area (Å²) in [6, 6.07) is 106. The Morgan fingerprint density at radius 3 is 1.16 bits per heavy atom. The van der Waals surface area contributed by atoms with Gasteiger partial charge < -0.3 is 28.7 Å². The first-order chi connectivity index (χ1) is 65.0. The molecule has 10 heterocycles. The van der Waals surface area contributed by atoms with Gasteiger partial charge in [-0.1, -0.05) is 338 Å². The van der Waals surface area contributed by atoms with E-state index < -0.39 is 0 Å². The quantitative estimate of drug-likeness (QED) is 0.164. The highest BCUT2D eigenvalue weighted by atomic mass is 32.1. The maximum absolute atomic E-state index is 2.85. The van der Waals surface area contributed by atoms with Crippen molar-refractivity contribution in [1.29, 1.82) is 0 Å². The largest absolute Gasteiger partial charge is 0.334 e. The monoisotopic (exact) mass is 1800 g/mol. The fourth-order valence-corrected chi connectivity index (χ4v) is 31.0. The van der Waals surface area contributed by atoms with Gasteiger partial charge in [-0.3, -0.25) is 0 Å². The number of aromatic nitrogens is 2. The molecule has 136 heavy (non-hydrogen) atoms. The lowest BCUT2D eigenvalue weighted by Gasteiger charge is -2.51. The molecule has 6 nitrogen and oxygen atoms in total. The fraction of sp³-hybridized carbons (Fsp3) is 0.302. The smallest absolute Gasteiger partial charge is 0.252 e. The van der Waals surface area contributed by atoms with Gasteiger partial charge in [0, 0.05) is 147 Å². The standard InChI is InChI=1S/2C63H60BN3S/c1-59(2,3)37-28-30-48-45(33-37)62(9)31-15-16-32-63(62,10)67(48)39-35-51-55-52(36-39)66-56-43(54-57(66)42-20-11-13-23-44(42)61(54,7)8)22-17-24-47(56)64(55)46-29-27-38(60(4,5)6)34-50(46)65(51)49-25-18-21-41-40-19-12-14-26-53(40)68-58(41)49;1-59(2,3)37-28-30-47-44(33-37)62(9)31-15-16-32-63(62,10)67(47)39-35-50-56-51(36-39)66-57-42(55-58(66)40-19-11-13-22-43(40)61(55,7)8)21-17-23-46(57)64(56)45-29-27-38(60(4,5)6)34-49(45)65(50)48-24-18-26-53-54(48)41-20-12-14-25-52(41)68-53/h2*11-14,17-30,33-36H,15-16,31-32H2,1-10H3. The molecule has 6 aliphatic heterocycles. The third-order valence-corrected chi connectivity index (χ3v) is 38.4. The van der Waals surface area contributed by atoms with Crippen molar-refractivity contribution in [3.63, 3.8) is 0 Å². The summed E-state index contributed by atoms with van der Waals surface area (Å²) in [4.78, 5) is 11.1. The van der Waals surface area contributed by atoms with E-state index in [0.717, 1.165) is 12.8 Å². The third kappa shape index (κ3) is 10.7. The molecule has 14 aromatic carbocycles. The van der Waals surface area contributed by atoms with Crippen LogP contribution < -0.4 is 52.4 Å². The second-order valence-electron chi connectivity index (χ2n) is 48.1. The van der Waals surface area contributed by atoms with Crippen molar-refractivity contribution in [3.05, 3.63) is 323 Å². The van der Waals surface area contributed by atoms with Crippen LogP contribution in [0, 0.1) is 0 Å². The van der Waals surface area contributed by atoms with Gasteiger partial charge in [-0.2, -0.15) is 0 Å². The molecule has 0 spiro atoms. The summed E-state index contributed by atoms with van der Waals surface area (Å²) >= 11 is 3.85. The van der Waals surface area contributed by atoms with E-state index in [2.05, 4.69) is 434 Å². The Morgan fingerprint density at radius 2 is 0.669 bits per heavy atom. The minimum atomic E-state index is -0.161. The molecule has 4 aromatic heterocycles. The first kappa shape index (κ1) is 83.3.